The fraction of sp³-hybridized carbons (Fsp3) is 0.462. The molecule has 3 rings (SSSR count). The van der Waals surface area contributed by atoms with Crippen molar-refractivity contribution in [1.82, 2.24) is 0 Å². The average Bonchev–Trinajstić information content (AvgIpc) is 2.75. The Bertz CT molecular complexity index is 740. The van der Waals surface area contributed by atoms with Gasteiger partial charge in [-0.2, -0.15) is 0 Å². The van der Waals surface area contributed by atoms with Gasteiger partial charge in [0.15, 0.2) is 0 Å². The van der Waals surface area contributed by atoms with Gasteiger partial charge in [-0.05, 0) is 72.9 Å². The van der Waals surface area contributed by atoms with Gasteiger partial charge in [-0.1, -0.05) is 24.3 Å². The van der Waals surface area contributed by atoms with Crippen LogP contribution in [0.25, 0.3) is 0 Å². The summed E-state index contributed by atoms with van der Waals surface area (Å²) in [6, 6.07) is 17.1. The Morgan fingerprint density at radius 1 is 0.633 bits per heavy atom. The Kier molecular flexibility index (Phi) is 8.06. The van der Waals surface area contributed by atoms with E-state index in [1.165, 1.54) is 48.2 Å². The molecule has 1 saturated carbocycles. The summed E-state index contributed by atoms with van der Waals surface area (Å²) in [6.45, 7) is 1.90. The summed E-state index contributed by atoms with van der Waals surface area (Å²) in [5, 5.41) is 0. The van der Waals surface area contributed by atoms with Crippen LogP contribution < -0.4 is 9.80 Å². The van der Waals surface area contributed by atoms with Gasteiger partial charge >= 0.3 is 0 Å². The molecule has 0 aliphatic heterocycles. The van der Waals surface area contributed by atoms with Crippen LogP contribution in [0, 0.1) is 11.8 Å². The van der Waals surface area contributed by atoms with E-state index < -0.39 is 0 Å². The standard InChI is InChI=1S/C26H36N4/c1-29(2)25-13-9-23(10-14-25)19-27-17-21-5-7-22(8-6-21)18-28-20-24-11-15-26(16-12-24)30(3)4/h9-16,19-22H,5-8,17-18H2,1-4H3. The van der Waals surface area contributed by atoms with Gasteiger partial charge in [-0.25, -0.2) is 0 Å². The van der Waals surface area contributed by atoms with E-state index in [4.69, 9.17) is 9.98 Å². The van der Waals surface area contributed by atoms with Crippen LogP contribution in [-0.2, 0) is 0 Å². The second kappa shape index (κ2) is 11.0. The lowest BCUT2D eigenvalue weighted by atomic mass is 9.82. The summed E-state index contributed by atoms with van der Waals surface area (Å²) >= 11 is 0. The minimum Gasteiger partial charge on any atom is -0.378 e. The van der Waals surface area contributed by atoms with E-state index in [9.17, 15) is 0 Å². The molecule has 0 saturated heterocycles. The normalized spacial score (nSPS) is 19.5. The number of nitrogens with zero attached hydrogens (tertiary/aromatic N) is 4. The number of rotatable bonds is 8. The van der Waals surface area contributed by atoms with Crippen LogP contribution in [0.15, 0.2) is 58.5 Å². The number of anilines is 2. The summed E-state index contributed by atoms with van der Waals surface area (Å²) in [7, 11) is 8.25. The summed E-state index contributed by atoms with van der Waals surface area (Å²) in [4.78, 5) is 13.7. The predicted molar refractivity (Wildman–Crippen MR) is 132 cm³/mol. The lowest BCUT2D eigenvalue weighted by molar-refractivity contribution is 0.286. The van der Waals surface area contributed by atoms with Crippen molar-refractivity contribution in [3.8, 4) is 0 Å². The third kappa shape index (κ3) is 6.72. The van der Waals surface area contributed by atoms with Crippen molar-refractivity contribution < 1.29 is 0 Å². The fourth-order valence-electron chi connectivity index (χ4n) is 3.93. The second-order valence-electron chi connectivity index (χ2n) is 8.85. The summed E-state index contributed by atoms with van der Waals surface area (Å²) in [5.74, 6) is 1.45. The topological polar surface area (TPSA) is 31.2 Å². The zero-order chi connectivity index (χ0) is 21.3. The molecule has 0 bridgehead atoms. The lowest BCUT2D eigenvalue weighted by Crippen LogP contribution is -2.18. The highest BCUT2D eigenvalue weighted by Gasteiger charge is 2.20. The molecule has 0 radical (unpaired) electrons. The Morgan fingerprint density at radius 3 is 1.27 bits per heavy atom. The number of hydrogen-bond acceptors (Lipinski definition) is 4. The Balaban J connectivity index is 1.37. The van der Waals surface area contributed by atoms with Crippen molar-refractivity contribution >= 4 is 23.8 Å². The summed E-state index contributed by atoms with van der Waals surface area (Å²) in [6.07, 6.45) is 9.14. The van der Waals surface area contributed by atoms with Gasteiger partial charge in [0.25, 0.3) is 0 Å². The largest absolute Gasteiger partial charge is 0.378 e. The second-order valence-corrected chi connectivity index (χ2v) is 8.85. The van der Waals surface area contributed by atoms with E-state index in [0.717, 1.165) is 24.9 Å². The molecule has 30 heavy (non-hydrogen) atoms. The SMILES string of the molecule is CN(C)c1ccc(C=NCC2CCC(CN=Cc3ccc(N(C)C)cc3)CC2)cc1. The molecule has 1 aliphatic carbocycles. The molecule has 0 atom stereocenters. The number of benzene rings is 2. The van der Waals surface area contributed by atoms with Gasteiger partial charge in [0.2, 0.25) is 0 Å². The zero-order valence-corrected chi connectivity index (χ0v) is 19.0. The van der Waals surface area contributed by atoms with Gasteiger partial charge in [-0.3, -0.25) is 9.98 Å². The first-order valence-electron chi connectivity index (χ1n) is 11.1. The highest BCUT2D eigenvalue weighted by molar-refractivity contribution is 5.80. The van der Waals surface area contributed by atoms with E-state index in [1.807, 2.05) is 12.4 Å². The van der Waals surface area contributed by atoms with E-state index >= 15 is 0 Å². The maximum atomic E-state index is 4.71. The molecule has 1 fully saturated rings. The number of hydrogen-bond donors (Lipinski definition) is 0. The van der Waals surface area contributed by atoms with E-state index in [2.05, 4.69) is 86.5 Å². The first-order valence-corrected chi connectivity index (χ1v) is 11.1. The van der Waals surface area contributed by atoms with Crippen LogP contribution in [0.3, 0.4) is 0 Å². The quantitative estimate of drug-likeness (QED) is 0.569. The smallest absolute Gasteiger partial charge is 0.0417 e. The van der Waals surface area contributed by atoms with Crippen molar-refractivity contribution in [2.75, 3.05) is 51.1 Å². The van der Waals surface area contributed by atoms with Gasteiger partial charge in [0, 0.05) is 65.1 Å². The highest BCUT2D eigenvalue weighted by atomic mass is 15.1. The first-order chi connectivity index (χ1) is 14.5. The highest BCUT2D eigenvalue weighted by Crippen LogP contribution is 2.29. The van der Waals surface area contributed by atoms with Gasteiger partial charge in [0.1, 0.15) is 0 Å². The van der Waals surface area contributed by atoms with Crippen LogP contribution in [0.4, 0.5) is 11.4 Å². The van der Waals surface area contributed by atoms with Gasteiger partial charge in [-0.15, -0.1) is 0 Å². The van der Waals surface area contributed by atoms with Crippen molar-refractivity contribution in [3.63, 3.8) is 0 Å². The molecule has 2 aromatic carbocycles. The molecule has 4 nitrogen and oxygen atoms in total. The Hall–Kier alpha value is -2.62. The van der Waals surface area contributed by atoms with Crippen LogP contribution in [0.5, 0.6) is 0 Å². The molecule has 0 aromatic heterocycles. The first kappa shape index (κ1) is 22.1. The predicted octanol–water partition coefficient (Wildman–Crippen LogP) is 5.16. The van der Waals surface area contributed by atoms with Crippen LogP contribution in [0.1, 0.15) is 36.8 Å². The van der Waals surface area contributed by atoms with Gasteiger partial charge in [0.05, 0.1) is 0 Å². The molecule has 0 heterocycles. The van der Waals surface area contributed by atoms with Crippen molar-refractivity contribution in [2.24, 2.45) is 21.8 Å². The minimum absolute atomic E-state index is 0.723. The number of aliphatic imine (C=N–C) groups is 2. The van der Waals surface area contributed by atoms with Crippen molar-refractivity contribution in [1.29, 1.82) is 0 Å². The third-order valence-electron chi connectivity index (χ3n) is 5.99. The van der Waals surface area contributed by atoms with Crippen LogP contribution in [-0.4, -0.2) is 53.7 Å². The zero-order valence-electron chi connectivity index (χ0n) is 19.0. The molecule has 4 heteroatoms. The average molecular weight is 405 g/mol. The minimum atomic E-state index is 0.723. The van der Waals surface area contributed by atoms with Crippen LogP contribution >= 0.6 is 0 Å². The van der Waals surface area contributed by atoms with Crippen LogP contribution in [0.2, 0.25) is 0 Å². The Labute approximate surface area is 182 Å². The molecule has 0 spiro atoms. The molecular formula is C26H36N4. The summed E-state index contributed by atoms with van der Waals surface area (Å²) in [5.41, 5.74) is 4.81. The maximum absolute atomic E-state index is 4.71. The third-order valence-corrected chi connectivity index (χ3v) is 5.99. The fourth-order valence-corrected chi connectivity index (χ4v) is 3.93. The van der Waals surface area contributed by atoms with Crippen molar-refractivity contribution in [2.45, 2.75) is 25.7 Å². The molecule has 0 unspecified atom stereocenters. The summed E-state index contributed by atoms with van der Waals surface area (Å²) < 4.78 is 0. The maximum Gasteiger partial charge on any atom is 0.0417 e. The molecule has 1 aliphatic rings. The monoisotopic (exact) mass is 404 g/mol. The van der Waals surface area contributed by atoms with Gasteiger partial charge < -0.3 is 9.80 Å². The molecule has 160 valence electrons. The molecule has 0 amide bonds. The van der Waals surface area contributed by atoms with E-state index in [-0.39, 0.29) is 0 Å². The Morgan fingerprint density at radius 2 is 0.967 bits per heavy atom. The van der Waals surface area contributed by atoms with E-state index in [1.54, 1.807) is 0 Å². The molecule has 0 N–H and O–H groups in total. The van der Waals surface area contributed by atoms with E-state index in [0.29, 0.717) is 0 Å². The molecule has 2 aromatic rings. The lowest BCUT2D eigenvalue weighted by Gasteiger charge is -2.26. The van der Waals surface area contributed by atoms with Crippen molar-refractivity contribution in [3.05, 3.63) is 59.7 Å². The molecular weight excluding hydrogens is 368 g/mol.